The summed E-state index contributed by atoms with van der Waals surface area (Å²) in [4.78, 5) is 29.2. The molecule has 11 heteroatoms. The number of esters is 1. The molecule has 53 heavy (non-hydrogen) atoms. The molecule has 7 rings (SSSR count). The Bertz CT molecular complexity index is 1940. The molecule has 0 saturated carbocycles. The second kappa shape index (κ2) is 15.4. The number of amides is 1. The van der Waals surface area contributed by atoms with E-state index in [1.165, 1.54) is 0 Å². The van der Waals surface area contributed by atoms with Crippen molar-refractivity contribution in [2.75, 3.05) is 18.5 Å². The van der Waals surface area contributed by atoms with E-state index in [1.54, 1.807) is 37.4 Å². The van der Waals surface area contributed by atoms with Crippen molar-refractivity contribution in [3.8, 4) is 0 Å². The summed E-state index contributed by atoms with van der Waals surface area (Å²) in [6.45, 7) is 5.72. The van der Waals surface area contributed by atoms with Crippen LogP contribution < -0.4 is 10.6 Å². The summed E-state index contributed by atoms with van der Waals surface area (Å²) in [5, 5.41) is 5.76. The number of benzene rings is 4. The van der Waals surface area contributed by atoms with Crippen LogP contribution in [0.4, 0.5) is 5.69 Å². The maximum Gasteiger partial charge on any atom is 0.356 e. The van der Waals surface area contributed by atoms with Crippen molar-refractivity contribution in [3.63, 3.8) is 0 Å². The van der Waals surface area contributed by atoms with Crippen molar-refractivity contribution in [2.24, 2.45) is 0 Å². The molecule has 3 N–H and O–H groups in total. The van der Waals surface area contributed by atoms with Gasteiger partial charge in [0.05, 0.1) is 18.9 Å². The molecule has 4 aromatic carbocycles. The molecule has 5 aromatic rings. The van der Waals surface area contributed by atoms with E-state index >= 15 is 0 Å². The minimum atomic E-state index is -0.989. The molecule has 1 aromatic heterocycles. The molecule has 272 valence electrons. The Morgan fingerprint density at radius 2 is 1.34 bits per heavy atom. The van der Waals surface area contributed by atoms with Crippen LogP contribution in [0.2, 0.25) is 0 Å². The smallest absolute Gasteiger partial charge is 0.356 e. The average molecular weight is 732 g/mol. The van der Waals surface area contributed by atoms with E-state index in [0.29, 0.717) is 16.8 Å². The van der Waals surface area contributed by atoms with Gasteiger partial charge in [0, 0.05) is 17.3 Å². The molecule has 0 spiro atoms. The molecule has 0 unspecified atom stereocenters. The number of ether oxygens (including phenoxy) is 5. The number of carbonyl (C=O) groups excluding carboxylic acids is 2. The fourth-order valence-corrected chi connectivity index (χ4v) is 7.31. The van der Waals surface area contributed by atoms with Crippen LogP contribution in [0, 0.1) is 0 Å². The first-order valence-electron chi connectivity index (χ1n) is 17.6. The van der Waals surface area contributed by atoms with Crippen molar-refractivity contribution >= 4 is 34.9 Å². The Morgan fingerprint density at radius 1 is 0.811 bits per heavy atom. The normalized spacial score (nSPS) is 20.4. The molecule has 0 aliphatic carbocycles. The molecule has 2 aliphatic heterocycles. The summed E-state index contributed by atoms with van der Waals surface area (Å²) < 4.78 is 32.3. The average Bonchev–Trinajstić information content (AvgIpc) is 3.84. The lowest BCUT2D eigenvalue weighted by atomic mass is 9.80. The molecule has 3 heterocycles. The lowest BCUT2D eigenvalue weighted by Gasteiger charge is -2.37. The van der Waals surface area contributed by atoms with Gasteiger partial charge in [-0.1, -0.05) is 109 Å². The van der Waals surface area contributed by atoms with Crippen LogP contribution in [0.1, 0.15) is 70.0 Å². The van der Waals surface area contributed by atoms with Crippen LogP contribution >= 0.6 is 12.2 Å². The summed E-state index contributed by atoms with van der Waals surface area (Å²) in [5.41, 5.74) is 3.26. The van der Waals surface area contributed by atoms with E-state index < -0.39 is 47.7 Å². The first kappa shape index (κ1) is 36.2. The quantitative estimate of drug-likeness (QED) is 0.0731. The largest absolute Gasteiger partial charge is 0.461 e. The summed E-state index contributed by atoms with van der Waals surface area (Å²) in [6, 6.07) is 39.0. The molecule has 2 aliphatic rings. The number of fused-ring (bicyclic) bond motifs is 1. The zero-order chi connectivity index (χ0) is 37.0. The minimum Gasteiger partial charge on any atom is -0.461 e. The van der Waals surface area contributed by atoms with Gasteiger partial charge in [-0.05, 0) is 61.8 Å². The van der Waals surface area contributed by atoms with Crippen molar-refractivity contribution in [2.45, 2.75) is 56.6 Å². The number of anilines is 1. The van der Waals surface area contributed by atoms with Gasteiger partial charge in [0.2, 0.25) is 0 Å². The number of thiocarbonyl (C=S) groups is 1. The van der Waals surface area contributed by atoms with Gasteiger partial charge in [0.15, 0.2) is 10.9 Å². The van der Waals surface area contributed by atoms with Gasteiger partial charge in [0.1, 0.15) is 35.7 Å². The maximum absolute atomic E-state index is 13.2. The molecule has 4 atom stereocenters. The molecule has 10 nitrogen and oxygen atoms in total. The van der Waals surface area contributed by atoms with Gasteiger partial charge in [-0.15, -0.1) is 0 Å². The fraction of sp³-hybridized carbons (Fsp3) is 0.262. The second-order valence-electron chi connectivity index (χ2n) is 13.2. The van der Waals surface area contributed by atoms with Gasteiger partial charge < -0.3 is 34.0 Å². The van der Waals surface area contributed by atoms with Crippen LogP contribution in [-0.4, -0.2) is 59.3 Å². The van der Waals surface area contributed by atoms with Gasteiger partial charge in [0.25, 0.3) is 5.91 Å². The molecule has 1 amide bonds. The Kier molecular flexibility index (Phi) is 10.5. The Labute approximate surface area is 313 Å². The van der Waals surface area contributed by atoms with Crippen LogP contribution in [0.25, 0.3) is 0 Å². The van der Waals surface area contributed by atoms with E-state index in [9.17, 15) is 9.59 Å². The fourth-order valence-electron chi connectivity index (χ4n) is 7.11. The van der Waals surface area contributed by atoms with Gasteiger partial charge in [-0.2, -0.15) is 0 Å². The summed E-state index contributed by atoms with van der Waals surface area (Å²) >= 11 is 5.57. The molecule has 2 saturated heterocycles. The third-order valence-corrected chi connectivity index (χ3v) is 9.56. The topological polar surface area (TPSA) is 120 Å². The summed E-state index contributed by atoms with van der Waals surface area (Å²) in [5.74, 6) is -1.94. The highest BCUT2D eigenvalue weighted by molar-refractivity contribution is 7.80. The zero-order valence-electron chi connectivity index (χ0n) is 29.6. The third kappa shape index (κ3) is 7.39. The van der Waals surface area contributed by atoms with Crippen LogP contribution in [0.15, 0.2) is 128 Å². The van der Waals surface area contributed by atoms with Crippen molar-refractivity contribution in [3.05, 3.63) is 161 Å². The lowest BCUT2D eigenvalue weighted by molar-refractivity contribution is -0.196. The van der Waals surface area contributed by atoms with Gasteiger partial charge in [-0.25, -0.2) is 4.79 Å². The predicted octanol–water partition coefficient (Wildman–Crippen LogP) is 7.29. The number of carbonyl (C=O) groups is 2. The molecular weight excluding hydrogens is 691 g/mol. The maximum atomic E-state index is 13.2. The summed E-state index contributed by atoms with van der Waals surface area (Å²) in [7, 11) is 0. The number of hydrogen-bond donors (Lipinski definition) is 3. The first-order valence-corrected chi connectivity index (χ1v) is 18.0. The number of H-pyrrole nitrogens is 1. The molecular formula is C42H41N3O7S. The molecule has 0 radical (unpaired) electrons. The van der Waals surface area contributed by atoms with E-state index in [4.69, 9.17) is 35.9 Å². The SMILES string of the molecule is CCOC(=O)c1[nH]cc([C@@H]2O[C@H](COC(c3ccccc3)(c3ccccc3)c3ccccc3)[C@H]3OC(C)(C)O[C@H]32)c1NC(=S)NC(=O)c1ccccc1. The molecule has 2 fully saturated rings. The van der Waals surface area contributed by atoms with E-state index in [1.807, 2.05) is 74.5 Å². The summed E-state index contributed by atoms with van der Waals surface area (Å²) in [6.07, 6.45) is -0.783. The number of hydrogen-bond acceptors (Lipinski definition) is 8. The number of nitrogens with one attached hydrogen (secondary N) is 3. The highest BCUT2D eigenvalue weighted by Crippen LogP contribution is 2.49. The van der Waals surface area contributed by atoms with E-state index in [0.717, 1.165) is 16.7 Å². The highest BCUT2D eigenvalue weighted by Gasteiger charge is 2.57. The van der Waals surface area contributed by atoms with Crippen molar-refractivity contribution in [1.29, 1.82) is 0 Å². The Balaban J connectivity index is 1.23. The number of rotatable bonds is 11. The third-order valence-electron chi connectivity index (χ3n) is 9.35. The monoisotopic (exact) mass is 731 g/mol. The number of aromatic amines is 1. The second-order valence-corrected chi connectivity index (χ2v) is 13.6. The number of aromatic nitrogens is 1. The van der Waals surface area contributed by atoms with Gasteiger partial charge in [-0.3, -0.25) is 10.1 Å². The van der Waals surface area contributed by atoms with E-state index in [2.05, 4.69) is 52.0 Å². The Morgan fingerprint density at radius 3 is 1.89 bits per heavy atom. The lowest BCUT2D eigenvalue weighted by Crippen LogP contribution is -2.39. The van der Waals surface area contributed by atoms with Crippen LogP contribution in [0.3, 0.4) is 0 Å². The zero-order valence-corrected chi connectivity index (χ0v) is 30.4. The first-order chi connectivity index (χ1) is 25.7. The molecule has 0 bridgehead atoms. The van der Waals surface area contributed by atoms with Crippen molar-refractivity contribution < 1.29 is 33.3 Å². The standard InChI is InChI=1S/C42H41N3O7S/c1-4-48-39(47)34-33(44-40(53)45-38(46)27-17-9-5-10-18-27)31(25-43-34)35-37-36(51-41(2,3)52-37)32(50-35)26-49-42(28-19-11-6-12-20-28,29-21-13-7-14-22-29)30-23-15-8-16-24-30/h5-25,32,35-37,43H,4,26H2,1-3H3,(H2,44,45,46,53)/t32-,35+,36-,37+/m1/s1. The van der Waals surface area contributed by atoms with E-state index in [-0.39, 0.29) is 24.0 Å². The minimum absolute atomic E-state index is 0.0121. The van der Waals surface area contributed by atoms with Crippen molar-refractivity contribution in [1.82, 2.24) is 10.3 Å². The van der Waals surface area contributed by atoms with Crippen LogP contribution in [0.5, 0.6) is 0 Å². The Hall–Kier alpha value is -5.17. The van der Waals surface area contributed by atoms with Crippen LogP contribution in [-0.2, 0) is 29.3 Å². The highest BCUT2D eigenvalue weighted by atomic mass is 32.1. The predicted molar refractivity (Wildman–Crippen MR) is 203 cm³/mol. The van der Waals surface area contributed by atoms with Gasteiger partial charge >= 0.3 is 5.97 Å².